The zero-order chi connectivity index (χ0) is 20.5. The molecule has 0 aliphatic heterocycles. The standard InChI is InChI=1S/C17H12F7NO2/c18-13-7-6-12(16(19,20)21)8-10(13)9-25-14(26)15(27,17(22,23)24)11-4-2-1-3-5-11/h1-8,27H,9H2,(H,25,26)/t15-/m1/s1. The molecule has 0 aliphatic rings. The van der Waals surface area contributed by atoms with Crippen LogP contribution in [-0.2, 0) is 23.1 Å². The number of carbonyl (C=O) groups excluding carboxylic acids is 1. The SMILES string of the molecule is O=C(NCc1cc(C(F)(F)F)ccc1F)[C@](O)(c1ccccc1)C(F)(F)F. The lowest BCUT2D eigenvalue weighted by Gasteiger charge is -2.29. The quantitative estimate of drug-likeness (QED) is 0.772. The first-order valence-corrected chi connectivity index (χ1v) is 7.36. The van der Waals surface area contributed by atoms with Crippen LogP contribution in [0.4, 0.5) is 30.7 Å². The van der Waals surface area contributed by atoms with Crippen LogP contribution in [0.2, 0.25) is 0 Å². The summed E-state index contributed by atoms with van der Waals surface area (Å²) in [5.41, 5.74) is -6.66. The minimum absolute atomic E-state index is 0.366. The molecule has 27 heavy (non-hydrogen) atoms. The van der Waals surface area contributed by atoms with E-state index in [9.17, 15) is 40.6 Å². The first-order valence-electron chi connectivity index (χ1n) is 7.36. The van der Waals surface area contributed by atoms with Crippen LogP contribution >= 0.6 is 0 Å². The van der Waals surface area contributed by atoms with Gasteiger partial charge in [0.15, 0.2) is 0 Å². The third-order valence-electron chi connectivity index (χ3n) is 3.74. The highest BCUT2D eigenvalue weighted by atomic mass is 19.4. The molecular weight excluding hydrogens is 383 g/mol. The molecule has 2 aromatic rings. The van der Waals surface area contributed by atoms with Crippen LogP contribution in [-0.4, -0.2) is 17.2 Å². The molecular formula is C17H12F7NO2. The molecule has 0 spiro atoms. The summed E-state index contributed by atoms with van der Waals surface area (Å²) in [5, 5.41) is 11.7. The van der Waals surface area contributed by atoms with Crippen molar-refractivity contribution < 1.29 is 40.6 Å². The van der Waals surface area contributed by atoms with Gasteiger partial charge in [-0.1, -0.05) is 30.3 Å². The average Bonchev–Trinajstić information content (AvgIpc) is 2.58. The Morgan fingerprint density at radius 3 is 2.04 bits per heavy atom. The Morgan fingerprint density at radius 2 is 1.52 bits per heavy atom. The second-order valence-corrected chi connectivity index (χ2v) is 5.56. The van der Waals surface area contributed by atoms with E-state index in [0.29, 0.717) is 18.2 Å². The van der Waals surface area contributed by atoms with Crippen molar-refractivity contribution in [1.29, 1.82) is 0 Å². The van der Waals surface area contributed by atoms with Crippen LogP contribution in [0.15, 0.2) is 48.5 Å². The average molecular weight is 395 g/mol. The fourth-order valence-electron chi connectivity index (χ4n) is 2.29. The summed E-state index contributed by atoms with van der Waals surface area (Å²) in [4.78, 5) is 12.1. The molecule has 1 atom stereocenters. The number of hydrogen-bond acceptors (Lipinski definition) is 2. The van der Waals surface area contributed by atoms with Crippen molar-refractivity contribution in [1.82, 2.24) is 5.32 Å². The summed E-state index contributed by atoms with van der Waals surface area (Å²) in [6.07, 6.45) is -10.2. The van der Waals surface area contributed by atoms with Gasteiger partial charge in [-0.2, -0.15) is 26.3 Å². The maximum atomic E-state index is 13.7. The predicted molar refractivity (Wildman–Crippen MR) is 79.6 cm³/mol. The number of carbonyl (C=O) groups is 1. The summed E-state index contributed by atoms with van der Waals surface area (Å²) in [5.74, 6) is -3.10. The Morgan fingerprint density at radius 1 is 0.926 bits per heavy atom. The Hall–Kier alpha value is -2.62. The summed E-state index contributed by atoms with van der Waals surface area (Å²) < 4.78 is 91.7. The first kappa shape index (κ1) is 20.7. The van der Waals surface area contributed by atoms with Gasteiger partial charge in [-0.25, -0.2) is 4.39 Å². The zero-order valence-electron chi connectivity index (χ0n) is 13.3. The Labute approximate surface area is 148 Å². The molecule has 0 radical (unpaired) electrons. The van der Waals surface area contributed by atoms with Crippen LogP contribution in [0.3, 0.4) is 0 Å². The number of nitrogens with one attached hydrogen (secondary N) is 1. The van der Waals surface area contributed by atoms with Crippen LogP contribution in [0, 0.1) is 5.82 Å². The molecule has 2 aromatic carbocycles. The van der Waals surface area contributed by atoms with Crippen LogP contribution in [0.5, 0.6) is 0 Å². The third kappa shape index (κ3) is 4.21. The molecule has 0 fully saturated rings. The van der Waals surface area contributed by atoms with Gasteiger partial charge in [0, 0.05) is 17.7 Å². The minimum Gasteiger partial charge on any atom is -0.369 e. The lowest BCUT2D eigenvalue weighted by atomic mass is 9.92. The van der Waals surface area contributed by atoms with E-state index < -0.39 is 52.9 Å². The summed E-state index contributed by atoms with van der Waals surface area (Å²) in [7, 11) is 0. The maximum Gasteiger partial charge on any atom is 0.430 e. The van der Waals surface area contributed by atoms with Crippen molar-refractivity contribution >= 4 is 5.91 Å². The van der Waals surface area contributed by atoms with E-state index in [0.717, 1.165) is 24.3 Å². The lowest BCUT2D eigenvalue weighted by molar-refractivity contribution is -0.257. The van der Waals surface area contributed by atoms with E-state index in [1.54, 1.807) is 5.32 Å². The van der Waals surface area contributed by atoms with Gasteiger partial charge >= 0.3 is 12.4 Å². The first-order chi connectivity index (χ1) is 12.4. The number of rotatable bonds is 4. The molecule has 1 amide bonds. The predicted octanol–water partition coefficient (Wildman–Crippen LogP) is 3.91. The summed E-state index contributed by atoms with van der Waals surface area (Å²) in [6.45, 7) is -0.986. The molecule has 0 aromatic heterocycles. The molecule has 0 aliphatic carbocycles. The molecule has 10 heteroatoms. The fraction of sp³-hybridized carbons (Fsp3) is 0.235. The number of hydrogen-bond donors (Lipinski definition) is 2. The Bertz CT molecular complexity index is 818. The number of alkyl halides is 6. The second kappa shape index (κ2) is 7.18. The van der Waals surface area contributed by atoms with Gasteiger partial charge in [-0.15, -0.1) is 0 Å². The number of aliphatic hydroxyl groups is 1. The van der Waals surface area contributed by atoms with Crippen molar-refractivity contribution in [2.45, 2.75) is 24.5 Å². The molecule has 0 saturated heterocycles. The Kier molecular flexibility index (Phi) is 5.50. The van der Waals surface area contributed by atoms with Crippen LogP contribution in [0.1, 0.15) is 16.7 Å². The van der Waals surface area contributed by atoms with Crippen LogP contribution in [0.25, 0.3) is 0 Å². The van der Waals surface area contributed by atoms with Crippen molar-refractivity contribution in [3.05, 3.63) is 71.0 Å². The maximum absolute atomic E-state index is 13.7. The third-order valence-corrected chi connectivity index (χ3v) is 3.74. The fourth-order valence-corrected chi connectivity index (χ4v) is 2.29. The van der Waals surface area contributed by atoms with E-state index in [4.69, 9.17) is 0 Å². The minimum atomic E-state index is -5.43. The highest BCUT2D eigenvalue weighted by Gasteiger charge is 2.60. The molecule has 2 rings (SSSR count). The van der Waals surface area contributed by atoms with Gasteiger partial charge < -0.3 is 10.4 Å². The highest BCUT2D eigenvalue weighted by molar-refractivity contribution is 5.87. The zero-order valence-corrected chi connectivity index (χ0v) is 13.3. The highest BCUT2D eigenvalue weighted by Crippen LogP contribution is 2.39. The van der Waals surface area contributed by atoms with E-state index >= 15 is 0 Å². The van der Waals surface area contributed by atoms with Crippen molar-refractivity contribution in [3.63, 3.8) is 0 Å². The number of amides is 1. The summed E-state index contributed by atoms with van der Waals surface area (Å²) >= 11 is 0. The van der Waals surface area contributed by atoms with Gasteiger partial charge in [-0.05, 0) is 18.2 Å². The van der Waals surface area contributed by atoms with E-state index in [1.807, 2.05) is 0 Å². The smallest absolute Gasteiger partial charge is 0.369 e. The molecule has 146 valence electrons. The van der Waals surface area contributed by atoms with Crippen molar-refractivity contribution in [2.24, 2.45) is 0 Å². The van der Waals surface area contributed by atoms with Gasteiger partial charge in [0.1, 0.15) is 5.82 Å². The largest absolute Gasteiger partial charge is 0.430 e. The monoisotopic (exact) mass is 395 g/mol. The van der Waals surface area contributed by atoms with Crippen LogP contribution < -0.4 is 5.32 Å². The molecule has 0 unspecified atom stereocenters. The second-order valence-electron chi connectivity index (χ2n) is 5.56. The number of halogens is 7. The van der Waals surface area contributed by atoms with Gasteiger partial charge in [0.2, 0.25) is 0 Å². The Balaban J connectivity index is 2.30. The molecule has 0 saturated carbocycles. The van der Waals surface area contributed by atoms with Gasteiger partial charge in [0.25, 0.3) is 11.5 Å². The van der Waals surface area contributed by atoms with E-state index in [-0.39, 0.29) is 0 Å². The topological polar surface area (TPSA) is 49.3 Å². The van der Waals surface area contributed by atoms with Crippen molar-refractivity contribution in [3.8, 4) is 0 Å². The van der Waals surface area contributed by atoms with Crippen molar-refractivity contribution in [2.75, 3.05) is 0 Å². The van der Waals surface area contributed by atoms with Gasteiger partial charge in [0.05, 0.1) is 5.56 Å². The number of benzene rings is 2. The van der Waals surface area contributed by atoms with E-state index in [2.05, 4.69) is 0 Å². The summed E-state index contributed by atoms with van der Waals surface area (Å²) in [6, 6.07) is 6.70. The molecule has 3 nitrogen and oxygen atoms in total. The molecule has 0 heterocycles. The lowest BCUT2D eigenvalue weighted by Crippen LogP contribution is -2.54. The normalized spacial score (nSPS) is 14.5. The van der Waals surface area contributed by atoms with Gasteiger partial charge in [-0.3, -0.25) is 4.79 Å². The molecule has 2 N–H and O–H groups in total. The molecule has 0 bridgehead atoms. The van der Waals surface area contributed by atoms with E-state index in [1.165, 1.54) is 6.07 Å².